The van der Waals surface area contributed by atoms with E-state index in [1.807, 2.05) is 45.0 Å². The molecule has 0 heterocycles. The molecule has 0 N–H and O–H groups in total. The van der Waals surface area contributed by atoms with Crippen LogP contribution in [-0.4, -0.2) is 18.7 Å². The second kappa shape index (κ2) is 9.11. The van der Waals surface area contributed by atoms with Gasteiger partial charge in [-0.3, -0.25) is 4.90 Å². The van der Waals surface area contributed by atoms with Crippen molar-refractivity contribution < 1.29 is 9.53 Å². The Kier molecular flexibility index (Phi) is 6.77. The zero-order valence-electron chi connectivity index (χ0n) is 17.1. The summed E-state index contributed by atoms with van der Waals surface area (Å²) in [6.07, 6.45) is -0.366. The molecule has 0 unspecified atom stereocenters. The second-order valence-corrected chi connectivity index (χ2v) is 10.7. The van der Waals surface area contributed by atoms with Crippen LogP contribution in [-0.2, 0) is 4.74 Å². The normalized spacial score (nSPS) is 11.4. The van der Waals surface area contributed by atoms with Crippen LogP contribution in [0.5, 0.6) is 0 Å². The van der Waals surface area contributed by atoms with Crippen LogP contribution in [0.25, 0.3) is 0 Å². The van der Waals surface area contributed by atoms with Gasteiger partial charge in [0.25, 0.3) is 0 Å². The van der Waals surface area contributed by atoms with E-state index < -0.39 is 13.5 Å². The van der Waals surface area contributed by atoms with E-state index in [0.717, 1.165) is 15.5 Å². The van der Waals surface area contributed by atoms with E-state index in [2.05, 4.69) is 70.5 Å². The number of amides is 1. The zero-order chi connectivity index (χ0) is 21.0. The Bertz CT molecular complexity index is 932. The van der Waals surface area contributed by atoms with Gasteiger partial charge in [0.2, 0.25) is 0 Å². The summed E-state index contributed by atoms with van der Waals surface area (Å²) in [4.78, 5) is 14.1. The van der Waals surface area contributed by atoms with Crippen LogP contribution in [0.1, 0.15) is 20.8 Å². The minimum Gasteiger partial charge on any atom is -0.443 e. The lowest BCUT2D eigenvalue weighted by Gasteiger charge is -2.26. The first-order chi connectivity index (χ1) is 13.8. The smallest absolute Gasteiger partial charge is 0.414 e. The Morgan fingerprint density at radius 1 is 0.897 bits per heavy atom. The number of nitrogens with zero attached hydrogens (tertiary/aromatic N) is 1. The lowest BCUT2D eigenvalue weighted by molar-refractivity contribution is 0.0589. The highest BCUT2D eigenvalue weighted by molar-refractivity contribution is 9.10. The van der Waals surface area contributed by atoms with Crippen LogP contribution >= 0.6 is 23.9 Å². The molecule has 0 atom stereocenters. The molecule has 3 aromatic rings. The predicted molar refractivity (Wildman–Crippen MR) is 127 cm³/mol. The summed E-state index contributed by atoms with van der Waals surface area (Å²) in [5.41, 5.74) is 0.265. The minimum atomic E-state index is -0.780. The topological polar surface area (TPSA) is 29.5 Å². The second-order valence-electron chi connectivity index (χ2n) is 7.68. The highest BCUT2D eigenvalue weighted by Gasteiger charge is 2.23. The standard InChI is InChI=1S/C24H25BrNO2P/c1-24(2,3)28-23(27)26(4)18-15-16-21(25)22(17-18)29(19-11-7-5-8-12-19)20-13-9-6-10-14-20/h5-17H,1-4H3. The zero-order valence-corrected chi connectivity index (χ0v) is 19.6. The van der Waals surface area contributed by atoms with Crippen molar-refractivity contribution in [2.45, 2.75) is 26.4 Å². The van der Waals surface area contributed by atoms with Gasteiger partial charge in [-0.15, -0.1) is 0 Å². The van der Waals surface area contributed by atoms with Gasteiger partial charge in [-0.25, -0.2) is 4.79 Å². The highest BCUT2D eigenvalue weighted by Crippen LogP contribution is 2.37. The van der Waals surface area contributed by atoms with Crippen LogP contribution in [0, 0.1) is 0 Å². The number of halogens is 1. The maximum atomic E-state index is 12.6. The van der Waals surface area contributed by atoms with Crippen LogP contribution in [0.4, 0.5) is 10.5 Å². The molecule has 0 aliphatic rings. The Morgan fingerprint density at radius 2 is 1.41 bits per heavy atom. The van der Waals surface area contributed by atoms with Crippen LogP contribution in [0.15, 0.2) is 83.3 Å². The van der Waals surface area contributed by atoms with E-state index in [1.54, 1.807) is 11.9 Å². The van der Waals surface area contributed by atoms with Gasteiger partial charge in [0.1, 0.15) is 5.60 Å². The summed E-state index contributed by atoms with van der Waals surface area (Å²) in [5.74, 6) is 0. The van der Waals surface area contributed by atoms with Gasteiger partial charge in [0, 0.05) is 22.5 Å². The number of hydrogen-bond acceptors (Lipinski definition) is 2. The predicted octanol–water partition coefficient (Wildman–Crippen LogP) is 5.58. The average molecular weight is 470 g/mol. The fourth-order valence-electron chi connectivity index (χ4n) is 2.90. The SMILES string of the molecule is CN(C(=O)OC(C)(C)C)c1ccc(Br)c(P(c2ccccc2)c2ccccc2)c1. The number of hydrogen-bond donors (Lipinski definition) is 0. The van der Waals surface area contributed by atoms with Crippen molar-refractivity contribution >= 4 is 51.5 Å². The van der Waals surface area contributed by atoms with Crippen molar-refractivity contribution in [1.82, 2.24) is 0 Å². The Hall–Kier alpha value is -2.16. The number of anilines is 1. The Balaban J connectivity index is 2.05. The molecule has 150 valence electrons. The largest absolute Gasteiger partial charge is 0.443 e. The maximum absolute atomic E-state index is 12.6. The van der Waals surface area contributed by atoms with E-state index in [4.69, 9.17) is 4.74 Å². The number of ether oxygens (including phenoxy) is 1. The summed E-state index contributed by atoms with van der Waals surface area (Å²) in [6.45, 7) is 5.61. The highest BCUT2D eigenvalue weighted by atomic mass is 79.9. The first-order valence-electron chi connectivity index (χ1n) is 9.43. The van der Waals surface area contributed by atoms with Crippen molar-refractivity contribution in [2.24, 2.45) is 0 Å². The molecule has 0 saturated heterocycles. The quantitative estimate of drug-likeness (QED) is 0.466. The maximum Gasteiger partial charge on any atom is 0.414 e. The number of carbonyl (C=O) groups is 1. The monoisotopic (exact) mass is 469 g/mol. The molecule has 29 heavy (non-hydrogen) atoms. The van der Waals surface area contributed by atoms with E-state index in [1.165, 1.54) is 10.6 Å². The minimum absolute atomic E-state index is 0.366. The van der Waals surface area contributed by atoms with E-state index >= 15 is 0 Å². The van der Waals surface area contributed by atoms with Crippen molar-refractivity contribution in [2.75, 3.05) is 11.9 Å². The van der Waals surface area contributed by atoms with Crippen LogP contribution in [0.2, 0.25) is 0 Å². The molecular weight excluding hydrogens is 445 g/mol. The third-order valence-corrected chi connectivity index (χ3v) is 7.73. The number of benzene rings is 3. The van der Waals surface area contributed by atoms with E-state index in [9.17, 15) is 4.79 Å². The fraction of sp³-hybridized carbons (Fsp3) is 0.208. The third kappa shape index (κ3) is 5.46. The molecule has 0 bridgehead atoms. The van der Waals surface area contributed by atoms with Gasteiger partial charge in [-0.2, -0.15) is 0 Å². The molecule has 0 saturated carbocycles. The Labute approximate surface area is 182 Å². The van der Waals surface area contributed by atoms with Gasteiger partial charge in [0.15, 0.2) is 0 Å². The van der Waals surface area contributed by atoms with Gasteiger partial charge in [0.05, 0.1) is 0 Å². The molecule has 1 amide bonds. The number of rotatable bonds is 4. The van der Waals surface area contributed by atoms with Crippen molar-refractivity contribution in [3.63, 3.8) is 0 Å². The molecule has 5 heteroatoms. The van der Waals surface area contributed by atoms with Crippen molar-refractivity contribution in [3.8, 4) is 0 Å². The van der Waals surface area contributed by atoms with E-state index in [0.29, 0.717) is 0 Å². The third-order valence-electron chi connectivity index (χ3n) is 4.25. The Morgan fingerprint density at radius 3 is 1.90 bits per heavy atom. The molecule has 0 spiro atoms. The van der Waals surface area contributed by atoms with E-state index in [-0.39, 0.29) is 6.09 Å². The van der Waals surface area contributed by atoms with Crippen LogP contribution < -0.4 is 20.8 Å². The van der Waals surface area contributed by atoms with Gasteiger partial charge in [-0.05, 0) is 57.5 Å². The van der Waals surface area contributed by atoms with Crippen molar-refractivity contribution in [1.29, 1.82) is 0 Å². The molecule has 3 rings (SSSR count). The first kappa shape index (κ1) is 21.5. The molecule has 0 aliphatic carbocycles. The molecule has 0 aromatic heterocycles. The fourth-order valence-corrected chi connectivity index (χ4v) is 6.02. The van der Waals surface area contributed by atoms with Crippen LogP contribution in [0.3, 0.4) is 0 Å². The summed E-state index contributed by atoms with van der Waals surface area (Å²) in [5, 5.41) is 3.67. The molecule has 3 nitrogen and oxygen atoms in total. The molecule has 0 fully saturated rings. The molecular formula is C24H25BrNO2P. The lowest BCUT2D eigenvalue weighted by atomic mass is 10.2. The summed E-state index contributed by atoms with van der Waals surface area (Å²) in [7, 11) is 0.965. The van der Waals surface area contributed by atoms with Gasteiger partial charge >= 0.3 is 6.09 Å². The summed E-state index contributed by atoms with van der Waals surface area (Å²) >= 11 is 3.74. The van der Waals surface area contributed by atoms with Gasteiger partial charge in [-0.1, -0.05) is 76.6 Å². The average Bonchev–Trinajstić information content (AvgIpc) is 2.69. The molecule has 0 radical (unpaired) electrons. The summed E-state index contributed by atoms with van der Waals surface area (Å²) in [6, 6.07) is 27.0. The van der Waals surface area contributed by atoms with Crippen molar-refractivity contribution in [3.05, 3.63) is 83.3 Å². The van der Waals surface area contributed by atoms with Gasteiger partial charge < -0.3 is 4.74 Å². The number of carbonyl (C=O) groups excluding carboxylic acids is 1. The lowest BCUT2D eigenvalue weighted by Crippen LogP contribution is -2.34. The first-order valence-corrected chi connectivity index (χ1v) is 11.6. The molecule has 0 aliphatic heterocycles. The summed E-state index contributed by atoms with van der Waals surface area (Å²) < 4.78 is 6.56. The molecule has 3 aromatic carbocycles.